The van der Waals surface area contributed by atoms with E-state index in [0.717, 1.165) is 28.1 Å². The maximum absolute atomic E-state index is 12.4. The molecule has 7 nitrogen and oxygen atoms in total. The molecule has 1 atom stereocenters. The van der Waals surface area contributed by atoms with Crippen molar-refractivity contribution < 1.29 is 9.53 Å². The van der Waals surface area contributed by atoms with Crippen molar-refractivity contribution in [2.75, 3.05) is 6.54 Å². The van der Waals surface area contributed by atoms with Gasteiger partial charge in [-0.15, -0.1) is 0 Å². The number of nitrogens with one attached hydrogen (secondary N) is 2. The van der Waals surface area contributed by atoms with E-state index < -0.39 is 5.91 Å². The second-order valence-corrected chi connectivity index (χ2v) is 6.84. The monoisotopic (exact) mass is 376 g/mol. The molecule has 0 radical (unpaired) electrons. The van der Waals surface area contributed by atoms with Crippen LogP contribution in [0, 0.1) is 13.8 Å². The first kappa shape index (κ1) is 17.9. The van der Waals surface area contributed by atoms with Crippen LogP contribution in [-0.4, -0.2) is 33.5 Å². The van der Waals surface area contributed by atoms with E-state index >= 15 is 0 Å². The number of carbonyl (C=O) groups excluding carboxylic acids is 1. The third-order valence-corrected chi connectivity index (χ3v) is 4.87. The molecule has 0 saturated carbocycles. The Morgan fingerprint density at radius 1 is 1.25 bits per heavy atom. The van der Waals surface area contributed by atoms with Crippen LogP contribution in [0.5, 0.6) is 5.75 Å². The lowest BCUT2D eigenvalue weighted by Gasteiger charge is -2.13. The quantitative estimate of drug-likeness (QED) is 0.727. The summed E-state index contributed by atoms with van der Waals surface area (Å²) in [7, 11) is 0. The molecule has 7 heteroatoms. The van der Waals surface area contributed by atoms with Crippen molar-refractivity contribution >= 4 is 5.91 Å². The van der Waals surface area contributed by atoms with Gasteiger partial charge in [0.2, 0.25) is 0 Å². The first-order valence-electron chi connectivity index (χ1n) is 9.07. The molecule has 142 valence electrons. The van der Waals surface area contributed by atoms with Crippen molar-refractivity contribution in [1.82, 2.24) is 20.3 Å². The second kappa shape index (κ2) is 7.26. The highest BCUT2D eigenvalue weighted by atomic mass is 16.5. The minimum absolute atomic E-state index is 0.108. The first-order valence-corrected chi connectivity index (χ1v) is 9.07. The molecule has 2 aromatic heterocycles. The third-order valence-electron chi connectivity index (χ3n) is 4.87. The van der Waals surface area contributed by atoms with Gasteiger partial charge in [0.15, 0.2) is 5.82 Å². The largest absolute Gasteiger partial charge is 0.487 e. The van der Waals surface area contributed by atoms with Crippen molar-refractivity contribution in [1.29, 1.82) is 0 Å². The van der Waals surface area contributed by atoms with Gasteiger partial charge in [-0.3, -0.25) is 9.59 Å². The lowest BCUT2D eigenvalue weighted by atomic mass is 10.1. The van der Waals surface area contributed by atoms with Gasteiger partial charge in [0, 0.05) is 24.5 Å². The Labute approximate surface area is 161 Å². The van der Waals surface area contributed by atoms with Crippen LogP contribution in [0.2, 0.25) is 0 Å². The van der Waals surface area contributed by atoms with Crippen LogP contribution in [-0.2, 0) is 6.42 Å². The first-order chi connectivity index (χ1) is 13.5. The number of benzene rings is 1. The van der Waals surface area contributed by atoms with Crippen LogP contribution in [0.4, 0.5) is 0 Å². The van der Waals surface area contributed by atoms with Crippen LogP contribution >= 0.6 is 0 Å². The number of aromatic amines is 1. The normalized spacial score (nSPS) is 15.0. The van der Waals surface area contributed by atoms with E-state index in [4.69, 9.17) is 4.74 Å². The molecule has 0 fully saturated rings. The lowest BCUT2D eigenvalue weighted by Crippen LogP contribution is -2.37. The summed E-state index contributed by atoms with van der Waals surface area (Å²) in [5.41, 5.74) is 3.22. The molecule has 4 rings (SSSR count). The molecule has 1 aliphatic heterocycles. The third kappa shape index (κ3) is 3.38. The van der Waals surface area contributed by atoms with E-state index in [0.29, 0.717) is 18.8 Å². The predicted molar refractivity (Wildman–Crippen MR) is 104 cm³/mol. The van der Waals surface area contributed by atoms with Gasteiger partial charge in [-0.25, -0.2) is 9.97 Å². The molecular weight excluding hydrogens is 356 g/mol. The fourth-order valence-electron chi connectivity index (χ4n) is 3.26. The number of aromatic nitrogens is 3. The number of rotatable bonds is 4. The SMILES string of the molecule is Cc1cc(C(=O)NCC2Cc3cccc(-c4ncccn4)c3O2)c(=O)[nH]c1C. The predicted octanol–water partition coefficient (Wildman–Crippen LogP) is 2.18. The molecule has 28 heavy (non-hydrogen) atoms. The van der Waals surface area contributed by atoms with E-state index in [1.165, 1.54) is 0 Å². The van der Waals surface area contributed by atoms with Gasteiger partial charge >= 0.3 is 0 Å². The van der Waals surface area contributed by atoms with Crippen LogP contribution in [0.1, 0.15) is 27.2 Å². The molecule has 0 bridgehead atoms. The van der Waals surface area contributed by atoms with Gasteiger partial charge in [-0.05, 0) is 43.2 Å². The number of hydrogen-bond donors (Lipinski definition) is 2. The highest BCUT2D eigenvalue weighted by Crippen LogP contribution is 2.37. The van der Waals surface area contributed by atoms with Gasteiger partial charge in [0.05, 0.1) is 12.1 Å². The summed E-state index contributed by atoms with van der Waals surface area (Å²) < 4.78 is 6.07. The van der Waals surface area contributed by atoms with Gasteiger partial charge in [-0.1, -0.05) is 12.1 Å². The Morgan fingerprint density at radius 2 is 2.04 bits per heavy atom. The minimum Gasteiger partial charge on any atom is -0.487 e. The van der Waals surface area contributed by atoms with E-state index in [1.54, 1.807) is 31.5 Å². The Kier molecular flexibility index (Phi) is 4.65. The van der Waals surface area contributed by atoms with Gasteiger partial charge in [0.25, 0.3) is 11.5 Å². The van der Waals surface area contributed by atoms with E-state index in [1.807, 2.05) is 25.1 Å². The molecule has 1 amide bonds. The van der Waals surface area contributed by atoms with Crippen LogP contribution in [0.25, 0.3) is 11.4 Å². The molecule has 1 unspecified atom stereocenters. The number of hydrogen-bond acceptors (Lipinski definition) is 5. The topological polar surface area (TPSA) is 97.0 Å². The number of para-hydroxylation sites is 1. The molecule has 3 heterocycles. The minimum atomic E-state index is -0.407. The van der Waals surface area contributed by atoms with Crippen molar-refractivity contribution in [3.05, 3.63) is 75.5 Å². The summed E-state index contributed by atoms with van der Waals surface area (Å²) in [6.07, 6.45) is 3.83. The summed E-state index contributed by atoms with van der Waals surface area (Å²) in [5.74, 6) is 0.943. The summed E-state index contributed by atoms with van der Waals surface area (Å²) in [4.78, 5) is 35.8. The molecule has 1 aliphatic rings. The highest BCUT2D eigenvalue weighted by Gasteiger charge is 2.27. The van der Waals surface area contributed by atoms with Crippen molar-refractivity contribution in [2.45, 2.75) is 26.4 Å². The zero-order valence-electron chi connectivity index (χ0n) is 15.7. The molecular formula is C21H20N4O3. The van der Waals surface area contributed by atoms with E-state index in [2.05, 4.69) is 20.3 Å². The van der Waals surface area contributed by atoms with Crippen molar-refractivity contribution in [3.63, 3.8) is 0 Å². The Morgan fingerprint density at radius 3 is 2.82 bits per heavy atom. The van der Waals surface area contributed by atoms with Crippen molar-refractivity contribution in [2.24, 2.45) is 0 Å². The van der Waals surface area contributed by atoms with E-state index in [9.17, 15) is 9.59 Å². The summed E-state index contributed by atoms with van der Waals surface area (Å²) in [6, 6.07) is 9.24. The van der Waals surface area contributed by atoms with Crippen molar-refractivity contribution in [3.8, 4) is 17.1 Å². The summed E-state index contributed by atoms with van der Waals surface area (Å²) in [6.45, 7) is 3.96. The van der Waals surface area contributed by atoms with Gasteiger partial charge in [0.1, 0.15) is 17.4 Å². The number of pyridine rings is 1. The Bertz CT molecular complexity index is 1090. The molecule has 3 aromatic rings. The lowest BCUT2D eigenvalue weighted by molar-refractivity contribution is 0.0932. The standard InChI is InChI=1S/C21H20N4O3/c1-12-9-17(21(27)25-13(12)2)20(26)24-11-15-10-14-5-3-6-16(18(14)28-15)19-22-7-4-8-23-19/h3-9,15H,10-11H2,1-2H3,(H,24,26)(H,25,27). The smallest absolute Gasteiger partial charge is 0.261 e. The number of aryl methyl sites for hydroxylation is 2. The van der Waals surface area contributed by atoms with Crippen LogP contribution in [0.3, 0.4) is 0 Å². The van der Waals surface area contributed by atoms with Crippen LogP contribution < -0.4 is 15.6 Å². The Balaban J connectivity index is 1.47. The molecule has 0 spiro atoms. The zero-order chi connectivity index (χ0) is 19.7. The van der Waals surface area contributed by atoms with Gasteiger partial charge < -0.3 is 15.0 Å². The number of carbonyl (C=O) groups is 1. The molecule has 1 aromatic carbocycles. The molecule has 2 N–H and O–H groups in total. The molecule has 0 aliphatic carbocycles. The zero-order valence-corrected chi connectivity index (χ0v) is 15.7. The fourth-order valence-corrected chi connectivity index (χ4v) is 3.26. The summed E-state index contributed by atoms with van der Waals surface area (Å²) >= 11 is 0. The second-order valence-electron chi connectivity index (χ2n) is 6.84. The number of amides is 1. The van der Waals surface area contributed by atoms with Crippen LogP contribution in [0.15, 0.2) is 47.5 Å². The number of fused-ring (bicyclic) bond motifs is 1. The van der Waals surface area contributed by atoms with E-state index in [-0.39, 0.29) is 17.2 Å². The average molecular weight is 376 g/mol. The Hall–Kier alpha value is -3.48. The van der Waals surface area contributed by atoms with Gasteiger partial charge in [-0.2, -0.15) is 0 Å². The summed E-state index contributed by atoms with van der Waals surface area (Å²) in [5, 5.41) is 2.81. The number of nitrogens with zero attached hydrogens (tertiary/aromatic N) is 2. The number of ether oxygens (including phenoxy) is 1. The maximum Gasteiger partial charge on any atom is 0.261 e. The maximum atomic E-state index is 12.4. The highest BCUT2D eigenvalue weighted by molar-refractivity contribution is 5.94. The molecule has 0 saturated heterocycles. The number of H-pyrrole nitrogens is 1. The average Bonchev–Trinajstić information content (AvgIpc) is 3.12. The fraction of sp³-hybridized carbons (Fsp3) is 0.238.